The average molecular weight is 334 g/mol. The van der Waals surface area contributed by atoms with Crippen LogP contribution in [0.1, 0.15) is 5.56 Å². The molecule has 0 amide bonds. The first kappa shape index (κ1) is 14.6. The van der Waals surface area contributed by atoms with Crippen molar-refractivity contribution in [3.8, 4) is 23.5 Å². The fourth-order valence-corrected chi connectivity index (χ4v) is 3.10. The van der Waals surface area contributed by atoms with Gasteiger partial charge in [-0.3, -0.25) is 0 Å². The zero-order valence-electron chi connectivity index (χ0n) is 13.9. The molecule has 0 fully saturated rings. The largest absolute Gasteiger partial charge is 0.461 e. The third-order valence-electron chi connectivity index (χ3n) is 4.36. The van der Waals surface area contributed by atoms with Crippen LogP contribution in [0.2, 0.25) is 0 Å². The van der Waals surface area contributed by atoms with E-state index in [1.165, 1.54) is 10.8 Å². The lowest BCUT2D eigenvalue weighted by molar-refractivity contribution is 0.577. The Labute approximate surface area is 150 Å². The minimum Gasteiger partial charge on any atom is -0.461 e. The summed E-state index contributed by atoms with van der Waals surface area (Å²) in [7, 11) is 0. The standard InChI is InChI=1S/C23H14N2O/c1-2-7-19-16-17(11-12-18(19)6-1)13-14-25-21-9-4-3-8-20(21)24-23(25)22-10-5-15-26-22/h1-12,15-16H. The molecule has 0 unspecified atom stereocenters. The Bertz CT molecular complexity index is 1280. The van der Waals surface area contributed by atoms with Crippen LogP contribution in [0.15, 0.2) is 89.5 Å². The van der Waals surface area contributed by atoms with Gasteiger partial charge in [0.05, 0.1) is 17.3 Å². The monoisotopic (exact) mass is 334 g/mol. The van der Waals surface area contributed by atoms with Crippen molar-refractivity contribution in [3.05, 3.63) is 90.7 Å². The van der Waals surface area contributed by atoms with Crippen molar-refractivity contribution < 1.29 is 4.42 Å². The molecule has 0 spiro atoms. The first-order valence-electron chi connectivity index (χ1n) is 8.41. The van der Waals surface area contributed by atoms with Crippen molar-refractivity contribution in [2.75, 3.05) is 0 Å². The topological polar surface area (TPSA) is 31.0 Å². The maximum absolute atomic E-state index is 5.55. The van der Waals surface area contributed by atoms with Gasteiger partial charge in [-0.05, 0) is 53.1 Å². The van der Waals surface area contributed by atoms with E-state index in [1.807, 2.05) is 59.2 Å². The minimum atomic E-state index is 0.703. The highest BCUT2D eigenvalue weighted by molar-refractivity contribution is 5.84. The lowest BCUT2D eigenvalue weighted by atomic mass is 10.1. The quantitative estimate of drug-likeness (QED) is 0.389. The van der Waals surface area contributed by atoms with Crippen molar-refractivity contribution in [2.45, 2.75) is 0 Å². The Balaban J connectivity index is 1.67. The Morgan fingerprint density at radius 3 is 2.54 bits per heavy atom. The van der Waals surface area contributed by atoms with E-state index < -0.39 is 0 Å². The highest BCUT2D eigenvalue weighted by Gasteiger charge is 2.13. The number of rotatable bonds is 1. The molecule has 0 radical (unpaired) electrons. The Morgan fingerprint density at radius 2 is 1.65 bits per heavy atom. The molecule has 2 aromatic heterocycles. The highest BCUT2D eigenvalue weighted by atomic mass is 16.3. The summed E-state index contributed by atoms with van der Waals surface area (Å²) in [4.78, 5) is 4.68. The van der Waals surface area contributed by atoms with Crippen LogP contribution in [0, 0.1) is 12.0 Å². The maximum Gasteiger partial charge on any atom is 0.189 e. The number of furan rings is 1. The second-order valence-corrected chi connectivity index (χ2v) is 6.04. The van der Waals surface area contributed by atoms with E-state index in [0.29, 0.717) is 11.6 Å². The van der Waals surface area contributed by atoms with Crippen molar-refractivity contribution in [1.29, 1.82) is 0 Å². The smallest absolute Gasteiger partial charge is 0.189 e. The molecule has 0 N–H and O–H groups in total. The van der Waals surface area contributed by atoms with Gasteiger partial charge in [0, 0.05) is 11.6 Å². The molecule has 3 aromatic carbocycles. The normalized spacial score (nSPS) is 10.8. The molecule has 0 atom stereocenters. The number of para-hydroxylation sites is 2. The molecule has 5 aromatic rings. The molecule has 0 saturated heterocycles. The zero-order valence-corrected chi connectivity index (χ0v) is 13.9. The summed E-state index contributed by atoms with van der Waals surface area (Å²) in [6.45, 7) is 0. The number of aromatic nitrogens is 2. The van der Waals surface area contributed by atoms with Gasteiger partial charge in [0.15, 0.2) is 11.6 Å². The van der Waals surface area contributed by atoms with Crippen LogP contribution in [0.5, 0.6) is 0 Å². The molecule has 0 saturated carbocycles. The van der Waals surface area contributed by atoms with E-state index >= 15 is 0 Å². The predicted molar refractivity (Wildman–Crippen MR) is 104 cm³/mol. The molecular formula is C23H14N2O. The summed E-state index contributed by atoms with van der Waals surface area (Å²) in [6, 6.07) is 29.5. The van der Waals surface area contributed by atoms with Crippen LogP contribution in [0.3, 0.4) is 0 Å². The Morgan fingerprint density at radius 1 is 0.808 bits per heavy atom. The van der Waals surface area contributed by atoms with Crippen LogP contribution in [0.25, 0.3) is 33.4 Å². The number of hydrogen-bond acceptors (Lipinski definition) is 2. The van der Waals surface area contributed by atoms with E-state index in [1.54, 1.807) is 6.26 Å². The van der Waals surface area contributed by atoms with Crippen LogP contribution < -0.4 is 0 Å². The minimum absolute atomic E-state index is 0.703. The van der Waals surface area contributed by atoms with Crippen molar-refractivity contribution in [1.82, 2.24) is 9.55 Å². The van der Waals surface area contributed by atoms with Crippen molar-refractivity contribution in [2.24, 2.45) is 0 Å². The summed E-state index contributed by atoms with van der Waals surface area (Å²) in [5.74, 6) is 4.68. The lowest BCUT2D eigenvalue weighted by Gasteiger charge is -1.99. The molecule has 26 heavy (non-hydrogen) atoms. The van der Waals surface area contributed by atoms with Gasteiger partial charge < -0.3 is 4.42 Å². The third kappa shape index (κ3) is 2.45. The summed E-state index contributed by atoms with van der Waals surface area (Å²) in [5, 5.41) is 2.39. The van der Waals surface area contributed by atoms with E-state index in [4.69, 9.17) is 4.42 Å². The van der Waals surface area contributed by atoms with E-state index in [0.717, 1.165) is 16.6 Å². The maximum atomic E-state index is 5.55. The van der Waals surface area contributed by atoms with Gasteiger partial charge in [-0.1, -0.05) is 42.5 Å². The molecule has 5 rings (SSSR count). The number of hydrogen-bond donors (Lipinski definition) is 0. The van der Waals surface area contributed by atoms with Gasteiger partial charge in [0.2, 0.25) is 0 Å². The number of imidazole rings is 1. The first-order valence-corrected chi connectivity index (χ1v) is 8.41. The fourth-order valence-electron chi connectivity index (χ4n) is 3.10. The fraction of sp³-hybridized carbons (Fsp3) is 0. The van der Waals surface area contributed by atoms with Crippen LogP contribution >= 0.6 is 0 Å². The zero-order chi connectivity index (χ0) is 17.3. The van der Waals surface area contributed by atoms with Gasteiger partial charge in [-0.2, -0.15) is 0 Å². The number of nitrogens with zero attached hydrogens (tertiary/aromatic N) is 2. The molecule has 2 heterocycles. The molecule has 0 bridgehead atoms. The van der Waals surface area contributed by atoms with Gasteiger partial charge >= 0.3 is 0 Å². The average Bonchev–Trinajstić information content (AvgIpc) is 3.34. The number of fused-ring (bicyclic) bond motifs is 2. The summed E-state index contributed by atoms with van der Waals surface area (Å²) < 4.78 is 7.44. The lowest BCUT2D eigenvalue weighted by Crippen LogP contribution is -1.92. The number of benzene rings is 3. The molecule has 0 aliphatic heterocycles. The van der Waals surface area contributed by atoms with Crippen LogP contribution in [0.4, 0.5) is 0 Å². The van der Waals surface area contributed by atoms with Gasteiger partial charge in [0.25, 0.3) is 0 Å². The molecule has 0 aliphatic carbocycles. The van der Waals surface area contributed by atoms with E-state index in [2.05, 4.69) is 41.2 Å². The van der Waals surface area contributed by atoms with Gasteiger partial charge in [-0.15, -0.1) is 0 Å². The molecular weight excluding hydrogens is 320 g/mol. The second kappa shape index (κ2) is 5.94. The summed E-state index contributed by atoms with van der Waals surface area (Å²) in [6.07, 6.45) is 1.65. The summed E-state index contributed by atoms with van der Waals surface area (Å²) >= 11 is 0. The third-order valence-corrected chi connectivity index (χ3v) is 4.36. The van der Waals surface area contributed by atoms with Crippen molar-refractivity contribution >= 4 is 21.8 Å². The Hall–Kier alpha value is -3.77. The van der Waals surface area contributed by atoms with Gasteiger partial charge in [0.1, 0.15) is 0 Å². The second-order valence-electron chi connectivity index (χ2n) is 6.04. The molecule has 3 nitrogen and oxygen atoms in total. The molecule has 3 heteroatoms. The predicted octanol–water partition coefficient (Wildman–Crippen LogP) is 5.31. The Kier molecular flexibility index (Phi) is 3.33. The van der Waals surface area contributed by atoms with Crippen LogP contribution in [-0.4, -0.2) is 9.55 Å². The van der Waals surface area contributed by atoms with E-state index in [-0.39, 0.29) is 0 Å². The van der Waals surface area contributed by atoms with E-state index in [9.17, 15) is 0 Å². The van der Waals surface area contributed by atoms with Gasteiger partial charge in [-0.25, -0.2) is 9.55 Å². The highest BCUT2D eigenvalue weighted by Crippen LogP contribution is 2.24. The summed E-state index contributed by atoms with van der Waals surface area (Å²) in [5.41, 5.74) is 2.82. The first-order chi connectivity index (χ1) is 12.9. The SMILES string of the molecule is C(#Cn1c(-c2ccco2)nc2ccccc21)c1ccc2ccccc2c1. The van der Waals surface area contributed by atoms with Crippen molar-refractivity contribution in [3.63, 3.8) is 0 Å². The molecule has 122 valence electrons. The van der Waals surface area contributed by atoms with Crippen LogP contribution in [-0.2, 0) is 0 Å². The molecule has 0 aliphatic rings.